The monoisotopic (exact) mass is 408 g/mol. The van der Waals surface area contributed by atoms with E-state index >= 15 is 0 Å². The Hall–Kier alpha value is -1.47. The van der Waals surface area contributed by atoms with Gasteiger partial charge in [-0.1, -0.05) is 24.3 Å². The highest BCUT2D eigenvalue weighted by Crippen LogP contribution is 2.27. The highest BCUT2D eigenvalue weighted by Gasteiger charge is 2.22. The lowest BCUT2D eigenvalue weighted by Crippen LogP contribution is -2.42. The van der Waals surface area contributed by atoms with E-state index < -0.39 is 0 Å². The van der Waals surface area contributed by atoms with Crippen LogP contribution >= 0.6 is 34.8 Å². The van der Waals surface area contributed by atoms with Crippen LogP contribution in [-0.2, 0) is 6.42 Å². The lowest BCUT2D eigenvalue weighted by Gasteiger charge is -2.20. The number of hydrogen-bond acceptors (Lipinski definition) is 2. The molecule has 0 saturated carbocycles. The van der Waals surface area contributed by atoms with Crippen LogP contribution in [0.2, 0.25) is 0 Å². The summed E-state index contributed by atoms with van der Waals surface area (Å²) in [4.78, 5) is 14.2. The summed E-state index contributed by atoms with van der Waals surface area (Å²) in [7, 11) is 0. The normalized spacial score (nSPS) is 12.9. The molecule has 1 aliphatic heterocycles. The standard InChI is InChI=1S/C16H13IN2OS/c17-13-6-3-5-12(10-13)15(20)18-16(21)19-9-8-11-4-1-2-7-14(11)19/h1-7,10H,8-9H2,(H,18,20,21). The summed E-state index contributed by atoms with van der Waals surface area (Å²) >= 11 is 7.58. The van der Waals surface area contributed by atoms with Crippen molar-refractivity contribution in [3.63, 3.8) is 0 Å². The lowest BCUT2D eigenvalue weighted by molar-refractivity contribution is 0.0977. The van der Waals surface area contributed by atoms with E-state index in [9.17, 15) is 4.79 Å². The van der Waals surface area contributed by atoms with Gasteiger partial charge in [0.1, 0.15) is 0 Å². The van der Waals surface area contributed by atoms with Gasteiger partial charge in [0.25, 0.3) is 5.91 Å². The zero-order valence-electron chi connectivity index (χ0n) is 11.2. The fourth-order valence-electron chi connectivity index (χ4n) is 2.42. The molecular weight excluding hydrogens is 395 g/mol. The Bertz CT molecular complexity index is 717. The number of carbonyl (C=O) groups is 1. The topological polar surface area (TPSA) is 32.3 Å². The molecule has 0 aliphatic carbocycles. The van der Waals surface area contributed by atoms with Gasteiger partial charge in [-0.05, 0) is 71.1 Å². The summed E-state index contributed by atoms with van der Waals surface area (Å²) in [6.07, 6.45) is 0.954. The molecule has 3 nitrogen and oxygen atoms in total. The fourth-order valence-corrected chi connectivity index (χ4v) is 3.24. The minimum Gasteiger partial charge on any atom is -0.318 e. The van der Waals surface area contributed by atoms with Crippen molar-refractivity contribution >= 4 is 51.5 Å². The second-order valence-electron chi connectivity index (χ2n) is 4.80. The van der Waals surface area contributed by atoms with E-state index in [4.69, 9.17) is 12.2 Å². The van der Waals surface area contributed by atoms with E-state index in [0.29, 0.717) is 10.7 Å². The molecule has 21 heavy (non-hydrogen) atoms. The molecule has 0 saturated heterocycles. The Morgan fingerprint density at radius 1 is 1.19 bits per heavy atom. The van der Waals surface area contributed by atoms with Crippen LogP contribution in [0.4, 0.5) is 5.69 Å². The number of amides is 1. The van der Waals surface area contributed by atoms with E-state index in [-0.39, 0.29) is 5.91 Å². The number of para-hydroxylation sites is 1. The van der Waals surface area contributed by atoms with Gasteiger partial charge in [-0.25, -0.2) is 0 Å². The van der Waals surface area contributed by atoms with E-state index in [0.717, 1.165) is 22.2 Å². The van der Waals surface area contributed by atoms with E-state index in [1.54, 1.807) is 6.07 Å². The number of hydrogen-bond donors (Lipinski definition) is 1. The molecule has 1 heterocycles. The predicted octanol–water partition coefficient (Wildman–Crippen LogP) is 3.37. The van der Waals surface area contributed by atoms with Crippen molar-refractivity contribution in [1.82, 2.24) is 5.32 Å². The van der Waals surface area contributed by atoms with E-state index in [1.807, 2.05) is 41.3 Å². The number of benzene rings is 2. The van der Waals surface area contributed by atoms with Crippen molar-refractivity contribution in [3.05, 3.63) is 63.2 Å². The van der Waals surface area contributed by atoms with Gasteiger partial charge in [0, 0.05) is 21.4 Å². The number of rotatable bonds is 1. The zero-order chi connectivity index (χ0) is 14.8. The van der Waals surface area contributed by atoms with Gasteiger partial charge in [-0.3, -0.25) is 10.1 Å². The number of thiocarbonyl (C=S) groups is 1. The summed E-state index contributed by atoms with van der Waals surface area (Å²) in [5.74, 6) is -0.164. The molecule has 0 unspecified atom stereocenters. The largest absolute Gasteiger partial charge is 0.318 e. The molecule has 2 aromatic carbocycles. The molecule has 0 aromatic heterocycles. The van der Waals surface area contributed by atoms with Crippen LogP contribution in [0.1, 0.15) is 15.9 Å². The minimum atomic E-state index is -0.164. The van der Waals surface area contributed by atoms with Crippen molar-refractivity contribution in [3.8, 4) is 0 Å². The molecule has 1 amide bonds. The summed E-state index contributed by atoms with van der Waals surface area (Å²) in [6, 6.07) is 15.6. The SMILES string of the molecule is O=C(NC(=S)N1CCc2ccccc21)c1cccc(I)c1. The van der Waals surface area contributed by atoms with E-state index in [1.165, 1.54) is 5.56 Å². The van der Waals surface area contributed by atoms with Crippen LogP contribution in [0.15, 0.2) is 48.5 Å². The van der Waals surface area contributed by atoms with Crippen molar-refractivity contribution < 1.29 is 4.79 Å². The molecule has 0 fully saturated rings. The van der Waals surface area contributed by atoms with Crippen LogP contribution in [0, 0.1) is 3.57 Å². The third kappa shape index (κ3) is 3.08. The maximum atomic E-state index is 12.2. The first-order chi connectivity index (χ1) is 10.1. The van der Waals surface area contributed by atoms with Gasteiger partial charge >= 0.3 is 0 Å². The Balaban J connectivity index is 1.74. The number of carbonyl (C=O) groups excluding carboxylic acids is 1. The molecule has 0 atom stereocenters. The molecule has 1 aliphatic rings. The third-order valence-electron chi connectivity index (χ3n) is 3.44. The van der Waals surface area contributed by atoms with Crippen LogP contribution in [0.5, 0.6) is 0 Å². The van der Waals surface area contributed by atoms with Gasteiger partial charge in [0.2, 0.25) is 0 Å². The average Bonchev–Trinajstić information content (AvgIpc) is 2.91. The first kappa shape index (κ1) is 14.5. The summed E-state index contributed by atoms with van der Waals surface area (Å²) in [5, 5.41) is 3.28. The quantitative estimate of drug-likeness (QED) is 0.580. The maximum absolute atomic E-state index is 12.2. The second-order valence-corrected chi connectivity index (χ2v) is 6.43. The molecule has 0 radical (unpaired) electrons. The van der Waals surface area contributed by atoms with Crippen molar-refractivity contribution in [2.75, 3.05) is 11.4 Å². The van der Waals surface area contributed by atoms with Crippen LogP contribution in [0.3, 0.4) is 0 Å². The van der Waals surface area contributed by atoms with E-state index in [2.05, 4.69) is 34.0 Å². The summed E-state index contributed by atoms with van der Waals surface area (Å²) in [6.45, 7) is 0.810. The fraction of sp³-hybridized carbons (Fsp3) is 0.125. The van der Waals surface area contributed by atoms with Gasteiger partial charge in [-0.15, -0.1) is 0 Å². The highest BCUT2D eigenvalue weighted by molar-refractivity contribution is 14.1. The molecule has 3 rings (SSSR count). The number of fused-ring (bicyclic) bond motifs is 1. The van der Waals surface area contributed by atoms with Gasteiger partial charge in [0.15, 0.2) is 5.11 Å². The number of nitrogens with one attached hydrogen (secondary N) is 1. The Morgan fingerprint density at radius 3 is 2.81 bits per heavy atom. The average molecular weight is 408 g/mol. The lowest BCUT2D eigenvalue weighted by atomic mass is 10.2. The molecule has 0 bridgehead atoms. The van der Waals surface area contributed by atoms with Crippen molar-refractivity contribution in [1.29, 1.82) is 0 Å². The number of halogens is 1. The van der Waals surface area contributed by atoms with Gasteiger partial charge < -0.3 is 4.90 Å². The molecule has 106 valence electrons. The highest BCUT2D eigenvalue weighted by atomic mass is 127. The predicted molar refractivity (Wildman–Crippen MR) is 96.7 cm³/mol. The minimum absolute atomic E-state index is 0.164. The smallest absolute Gasteiger partial charge is 0.257 e. The van der Waals surface area contributed by atoms with Crippen LogP contribution in [0.25, 0.3) is 0 Å². The van der Waals surface area contributed by atoms with Crippen molar-refractivity contribution in [2.45, 2.75) is 6.42 Å². The first-order valence-electron chi connectivity index (χ1n) is 6.61. The third-order valence-corrected chi connectivity index (χ3v) is 4.43. The summed E-state index contributed by atoms with van der Waals surface area (Å²) < 4.78 is 1.03. The molecule has 0 spiro atoms. The van der Waals surface area contributed by atoms with Crippen LogP contribution < -0.4 is 10.2 Å². The van der Waals surface area contributed by atoms with Gasteiger partial charge in [0.05, 0.1) is 0 Å². The van der Waals surface area contributed by atoms with Crippen LogP contribution in [-0.4, -0.2) is 17.6 Å². The summed E-state index contributed by atoms with van der Waals surface area (Å²) in [5.41, 5.74) is 2.98. The Morgan fingerprint density at radius 2 is 2.00 bits per heavy atom. The zero-order valence-corrected chi connectivity index (χ0v) is 14.1. The second kappa shape index (κ2) is 6.11. The van der Waals surface area contributed by atoms with Crippen molar-refractivity contribution in [2.24, 2.45) is 0 Å². The molecule has 5 heteroatoms. The number of anilines is 1. The Kier molecular flexibility index (Phi) is 4.21. The molecule has 2 aromatic rings. The molecular formula is C16H13IN2OS. The maximum Gasteiger partial charge on any atom is 0.257 e. The Labute approximate surface area is 142 Å². The molecule has 1 N–H and O–H groups in total. The number of nitrogens with zero attached hydrogens (tertiary/aromatic N) is 1. The van der Waals surface area contributed by atoms with Gasteiger partial charge in [-0.2, -0.15) is 0 Å². The first-order valence-corrected chi connectivity index (χ1v) is 8.10.